The Balaban J connectivity index is 1.60. The van der Waals surface area contributed by atoms with Crippen LogP contribution in [0.1, 0.15) is 46.6 Å². The molecule has 1 aromatic heterocycles. The summed E-state index contributed by atoms with van der Waals surface area (Å²) in [6, 6.07) is 10.7. The fourth-order valence-electron chi connectivity index (χ4n) is 3.87. The van der Waals surface area contributed by atoms with E-state index in [4.69, 9.17) is 4.52 Å². The maximum Gasteiger partial charge on any atom is 0.316 e. The summed E-state index contributed by atoms with van der Waals surface area (Å²) in [5, 5.41) is 6.71. The summed E-state index contributed by atoms with van der Waals surface area (Å²) in [7, 11) is -3.62. The molecule has 0 unspecified atom stereocenters. The molecule has 8 nitrogen and oxygen atoms in total. The second-order valence-electron chi connectivity index (χ2n) is 8.09. The van der Waals surface area contributed by atoms with E-state index in [0.29, 0.717) is 29.9 Å². The van der Waals surface area contributed by atoms with Crippen LogP contribution in [-0.2, 0) is 10.0 Å². The van der Waals surface area contributed by atoms with E-state index >= 15 is 0 Å². The summed E-state index contributed by atoms with van der Waals surface area (Å²) in [6.07, 6.45) is 2.77. The number of nitrogens with zero attached hydrogens (tertiary/aromatic N) is 3. The maximum atomic E-state index is 13.2. The third kappa shape index (κ3) is 4.31. The zero-order chi connectivity index (χ0) is 22.9. The third-order valence-corrected chi connectivity index (χ3v) is 7.76. The first-order valence-corrected chi connectivity index (χ1v) is 12.0. The predicted molar refractivity (Wildman–Crippen MR) is 121 cm³/mol. The Morgan fingerprint density at radius 1 is 1.00 bits per heavy atom. The molecule has 0 bridgehead atoms. The molecule has 0 saturated carbocycles. The van der Waals surface area contributed by atoms with E-state index in [0.717, 1.165) is 30.4 Å². The highest BCUT2D eigenvalue weighted by Gasteiger charge is 2.28. The minimum Gasteiger partial charge on any atom is -0.328 e. The van der Waals surface area contributed by atoms with Crippen LogP contribution < -0.4 is 5.32 Å². The van der Waals surface area contributed by atoms with Crippen molar-refractivity contribution in [2.24, 2.45) is 0 Å². The summed E-state index contributed by atoms with van der Waals surface area (Å²) < 4.78 is 33.0. The number of hydrogen-bond acceptors (Lipinski definition) is 6. The van der Waals surface area contributed by atoms with Gasteiger partial charge in [-0.1, -0.05) is 41.9 Å². The van der Waals surface area contributed by atoms with Gasteiger partial charge in [0, 0.05) is 24.3 Å². The van der Waals surface area contributed by atoms with Crippen molar-refractivity contribution in [3.63, 3.8) is 0 Å². The van der Waals surface area contributed by atoms with E-state index in [1.807, 2.05) is 32.0 Å². The van der Waals surface area contributed by atoms with Gasteiger partial charge in [-0.15, -0.1) is 0 Å². The number of amides is 1. The Morgan fingerprint density at radius 3 is 2.38 bits per heavy atom. The second-order valence-corrected chi connectivity index (χ2v) is 10.00. The first kappa shape index (κ1) is 22.2. The monoisotopic (exact) mass is 454 g/mol. The van der Waals surface area contributed by atoms with Gasteiger partial charge in [-0.2, -0.15) is 9.29 Å². The molecule has 1 aliphatic rings. The minimum absolute atomic E-state index is 0.159. The summed E-state index contributed by atoms with van der Waals surface area (Å²) in [4.78, 5) is 17.1. The van der Waals surface area contributed by atoms with E-state index in [2.05, 4.69) is 15.5 Å². The molecule has 0 aliphatic carbocycles. The van der Waals surface area contributed by atoms with Gasteiger partial charge >= 0.3 is 11.8 Å². The van der Waals surface area contributed by atoms with Gasteiger partial charge in [0.2, 0.25) is 15.8 Å². The number of rotatable bonds is 5. The molecule has 4 rings (SSSR count). The van der Waals surface area contributed by atoms with E-state index in [1.165, 1.54) is 4.31 Å². The van der Waals surface area contributed by atoms with Gasteiger partial charge < -0.3 is 9.84 Å². The van der Waals surface area contributed by atoms with Crippen LogP contribution in [0.4, 0.5) is 5.69 Å². The first-order chi connectivity index (χ1) is 15.3. The van der Waals surface area contributed by atoms with Crippen LogP contribution in [-0.4, -0.2) is 41.9 Å². The van der Waals surface area contributed by atoms with Gasteiger partial charge in [0.15, 0.2) is 0 Å². The quantitative estimate of drug-likeness (QED) is 0.623. The lowest BCUT2D eigenvalue weighted by Gasteiger charge is -2.26. The van der Waals surface area contributed by atoms with Gasteiger partial charge in [-0.05, 0) is 56.4 Å². The SMILES string of the molecule is Cc1ccc(-c2noc(C(=O)Nc3c(C)cccc3C)n2)cc1S(=O)(=O)N1CCCCC1. The minimum atomic E-state index is -3.62. The summed E-state index contributed by atoms with van der Waals surface area (Å²) in [5.41, 5.74) is 3.66. The number of benzene rings is 2. The fourth-order valence-corrected chi connectivity index (χ4v) is 5.64. The van der Waals surface area contributed by atoms with Gasteiger partial charge in [-0.3, -0.25) is 4.79 Å². The highest BCUT2D eigenvalue weighted by molar-refractivity contribution is 7.89. The van der Waals surface area contributed by atoms with E-state index < -0.39 is 15.9 Å². The number of carbonyl (C=O) groups excluding carboxylic acids is 1. The number of nitrogens with one attached hydrogen (secondary N) is 1. The van der Waals surface area contributed by atoms with Crippen molar-refractivity contribution in [2.45, 2.75) is 44.9 Å². The molecule has 168 valence electrons. The number of sulfonamides is 1. The Labute approximate surface area is 187 Å². The zero-order valence-corrected chi connectivity index (χ0v) is 19.2. The molecule has 2 aromatic carbocycles. The zero-order valence-electron chi connectivity index (χ0n) is 18.4. The van der Waals surface area contributed by atoms with Gasteiger partial charge in [0.1, 0.15) is 0 Å². The molecule has 9 heteroatoms. The molecular weight excluding hydrogens is 428 g/mol. The molecule has 0 spiro atoms. The smallest absolute Gasteiger partial charge is 0.316 e. The lowest BCUT2D eigenvalue weighted by Crippen LogP contribution is -2.35. The van der Waals surface area contributed by atoms with Crippen molar-refractivity contribution in [3.05, 3.63) is 59.0 Å². The number of carbonyl (C=O) groups is 1. The fraction of sp³-hybridized carbons (Fsp3) is 0.348. The second kappa shape index (κ2) is 8.84. The number of para-hydroxylation sites is 1. The number of aromatic nitrogens is 2. The molecular formula is C23H26N4O4S. The molecule has 0 atom stereocenters. The number of hydrogen-bond donors (Lipinski definition) is 1. The van der Waals surface area contributed by atoms with Crippen molar-refractivity contribution < 1.29 is 17.7 Å². The van der Waals surface area contributed by atoms with Crippen molar-refractivity contribution in [1.82, 2.24) is 14.4 Å². The van der Waals surface area contributed by atoms with Crippen LogP contribution in [0.5, 0.6) is 0 Å². The number of piperidine rings is 1. The Hall–Kier alpha value is -3.04. The highest BCUT2D eigenvalue weighted by Crippen LogP contribution is 2.28. The van der Waals surface area contributed by atoms with Crippen LogP contribution in [0.3, 0.4) is 0 Å². The number of aryl methyl sites for hydroxylation is 3. The Morgan fingerprint density at radius 2 is 1.69 bits per heavy atom. The first-order valence-electron chi connectivity index (χ1n) is 10.6. The highest BCUT2D eigenvalue weighted by atomic mass is 32.2. The molecule has 0 radical (unpaired) electrons. The average molecular weight is 455 g/mol. The Kier molecular flexibility index (Phi) is 6.12. The van der Waals surface area contributed by atoms with Crippen molar-refractivity contribution >= 4 is 21.6 Å². The third-order valence-electron chi connectivity index (χ3n) is 5.72. The van der Waals surface area contributed by atoms with Crippen molar-refractivity contribution in [1.29, 1.82) is 0 Å². The molecule has 1 N–H and O–H groups in total. The van der Waals surface area contributed by atoms with Crippen molar-refractivity contribution in [3.8, 4) is 11.4 Å². The number of anilines is 1. The molecule has 1 fully saturated rings. The molecule has 1 aliphatic heterocycles. The largest absolute Gasteiger partial charge is 0.328 e. The average Bonchev–Trinajstić information content (AvgIpc) is 3.27. The topological polar surface area (TPSA) is 105 Å². The summed E-state index contributed by atoms with van der Waals surface area (Å²) in [6.45, 7) is 6.62. The van der Waals surface area contributed by atoms with Crippen molar-refractivity contribution in [2.75, 3.05) is 18.4 Å². The lowest BCUT2D eigenvalue weighted by atomic mass is 10.1. The van der Waals surface area contributed by atoms with Crippen LogP contribution in [0.25, 0.3) is 11.4 Å². The summed E-state index contributed by atoms with van der Waals surface area (Å²) in [5.74, 6) is -0.551. The summed E-state index contributed by atoms with van der Waals surface area (Å²) >= 11 is 0. The standard InChI is InChI=1S/C23H26N4O4S/c1-15-10-11-18(14-19(15)32(29,30)27-12-5-4-6-13-27)21-25-23(31-26-21)22(28)24-20-16(2)8-7-9-17(20)3/h7-11,14H,4-6,12-13H2,1-3H3,(H,24,28). The van der Waals surface area contributed by atoms with Gasteiger partial charge in [0.25, 0.3) is 0 Å². The van der Waals surface area contributed by atoms with E-state index in [-0.39, 0.29) is 16.6 Å². The molecule has 3 aromatic rings. The molecule has 32 heavy (non-hydrogen) atoms. The maximum absolute atomic E-state index is 13.2. The van der Waals surface area contributed by atoms with E-state index in [9.17, 15) is 13.2 Å². The normalized spacial score (nSPS) is 15.0. The van der Waals surface area contributed by atoms with Crippen LogP contribution >= 0.6 is 0 Å². The van der Waals surface area contributed by atoms with E-state index in [1.54, 1.807) is 25.1 Å². The molecule has 1 amide bonds. The lowest BCUT2D eigenvalue weighted by molar-refractivity contribution is 0.0981. The predicted octanol–water partition coefficient (Wildman–Crippen LogP) is 4.09. The molecule has 2 heterocycles. The van der Waals surface area contributed by atoms with Crippen LogP contribution in [0.15, 0.2) is 45.8 Å². The van der Waals surface area contributed by atoms with Crippen LogP contribution in [0, 0.1) is 20.8 Å². The van der Waals surface area contributed by atoms with Crippen LogP contribution in [0.2, 0.25) is 0 Å². The Bertz CT molecular complexity index is 1240. The van der Waals surface area contributed by atoms with Gasteiger partial charge in [-0.25, -0.2) is 8.42 Å². The van der Waals surface area contributed by atoms with Gasteiger partial charge in [0.05, 0.1) is 4.90 Å². The molecule has 1 saturated heterocycles.